The van der Waals surface area contributed by atoms with Gasteiger partial charge in [-0.15, -0.1) is 6.42 Å². The summed E-state index contributed by atoms with van der Waals surface area (Å²) >= 11 is 0. The van der Waals surface area contributed by atoms with E-state index in [1.165, 1.54) is 19.2 Å². The van der Waals surface area contributed by atoms with Gasteiger partial charge in [0.2, 0.25) is 0 Å². The Morgan fingerprint density at radius 1 is 1.22 bits per heavy atom. The Labute approximate surface area is 134 Å². The molecule has 2 aromatic rings. The number of benzene rings is 2. The summed E-state index contributed by atoms with van der Waals surface area (Å²) in [5.74, 6) is 3.09. The van der Waals surface area contributed by atoms with E-state index in [9.17, 15) is 9.65 Å². The van der Waals surface area contributed by atoms with E-state index in [0.29, 0.717) is 22.6 Å². The van der Waals surface area contributed by atoms with Crippen molar-refractivity contribution in [1.29, 1.82) is 5.26 Å². The Balaban J connectivity index is 2.35. The van der Waals surface area contributed by atoms with Crippen molar-refractivity contribution in [3.05, 3.63) is 59.4 Å². The van der Waals surface area contributed by atoms with Gasteiger partial charge in [-0.3, -0.25) is 0 Å². The third-order valence-electron chi connectivity index (χ3n) is 3.09. The van der Waals surface area contributed by atoms with Crippen LogP contribution in [0.1, 0.15) is 11.1 Å². The summed E-state index contributed by atoms with van der Waals surface area (Å²) in [6.45, 7) is 0.143. The maximum Gasteiger partial charge on any atom is 0.162 e. The standard InChI is InChI=1S/C19H14FNO2/c1-3-10-23-18-9-4-14(12-19(18)22-2)11-16(13-21)15-5-7-17(20)8-6-15/h1,4-9,11-12H,10H2,2H3/b16-11-. The van der Waals surface area contributed by atoms with Crippen LogP contribution in [0, 0.1) is 29.5 Å². The van der Waals surface area contributed by atoms with Gasteiger partial charge in [0.1, 0.15) is 12.4 Å². The monoisotopic (exact) mass is 307 g/mol. The van der Waals surface area contributed by atoms with E-state index in [4.69, 9.17) is 15.9 Å². The third kappa shape index (κ3) is 4.12. The summed E-state index contributed by atoms with van der Waals surface area (Å²) in [7, 11) is 1.52. The SMILES string of the molecule is C#CCOc1ccc(/C=C(/C#N)c2ccc(F)cc2)cc1OC. The van der Waals surface area contributed by atoms with E-state index < -0.39 is 0 Å². The number of hydrogen-bond acceptors (Lipinski definition) is 3. The molecule has 0 N–H and O–H groups in total. The van der Waals surface area contributed by atoms with Gasteiger partial charge in [0.05, 0.1) is 18.8 Å². The number of nitriles is 1. The second kappa shape index (κ2) is 7.68. The summed E-state index contributed by atoms with van der Waals surface area (Å²) in [5.41, 5.74) is 1.82. The molecule has 2 aromatic carbocycles. The molecule has 0 spiro atoms. The predicted molar refractivity (Wildman–Crippen MR) is 87.2 cm³/mol. The van der Waals surface area contributed by atoms with Gasteiger partial charge in [0.25, 0.3) is 0 Å². The van der Waals surface area contributed by atoms with Crippen LogP contribution in [0.25, 0.3) is 11.6 Å². The van der Waals surface area contributed by atoms with Gasteiger partial charge < -0.3 is 9.47 Å². The molecular formula is C19H14FNO2. The highest BCUT2D eigenvalue weighted by atomic mass is 19.1. The molecule has 2 rings (SSSR count). The van der Waals surface area contributed by atoms with Crippen molar-refractivity contribution in [3.8, 4) is 29.9 Å². The molecule has 0 aliphatic carbocycles. The first-order valence-corrected chi connectivity index (χ1v) is 6.80. The Morgan fingerprint density at radius 3 is 2.57 bits per heavy atom. The molecule has 0 fully saturated rings. The van der Waals surface area contributed by atoms with Crippen molar-refractivity contribution in [2.24, 2.45) is 0 Å². The molecule has 4 heteroatoms. The average Bonchev–Trinajstić information content (AvgIpc) is 2.59. The molecule has 0 aliphatic heterocycles. The number of allylic oxidation sites excluding steroid dienone is 1. The van der Waals surface area contributed by atoms with Crippen LogP contribution in [-0.4, -0.2) is 13.7 Å². The Kier molecular flexibility index (Phi) is 5.39. The van der Waals surface area contributed by atoms with E-state index in [1.54, 1.807) is 36.4 Å². The first-order chi connectivity index (χ1) is 11.2. The quantitative estimate of drug-likeness (QED) is 0.478. The molecular weight excluding hydrogens is 293 g/mol. The minimum Gasteiger partial charge on any atom is -0.493 e. The largest absolute Gasteiger partial charge is 0.493 e. The molecule has 0 radical (unpaired) electrons. The second-order valence-electron chi connectivity index (χ2n) is 4.58. The predicted octanol–water partition coefficient (Wildman–Crippen LogP) is 3.91. The lowest BCUT2D eigenvalue weighted by Crippen LogP contribution is -1.96. The van der Waals surface area contributed by atoms with Crippen LogP contribution in [0.3, 0.4) is 0 Å². The zero-order valence-electron chi connectivity index (χ0n) is 12.5. The molecule has 0 saturated heterocycles. The molecule has 0 aliphatic rings. The van der Waals surface area contributed by atoms with Crippen LogP contribution >= 0.6 is 0 Å². The summed E-state index contributed by atoms with van der Waals surface area (Å²) in [6, 6.07) is 13.1. The topological polar surface area (TPSA) is 42.2 Å². The van der Waals surface area contributed by atoms with Gasteiger partial charge in [-0.1, -0.05) is 24.1 Å². The van der Waals surface area contributed by atoms with Crippen LogP contribution in [0.4, 0.5) is 4.39 Å². The van der Waals surface area contributed by atoms with E-state index in [0.717, 1.165) is 5.56 Å². The van der Waals surface area contributed by atoms with Gasteiger partial charge in [-0.05, 0) is 41.5 Å². The van der Waals surface area contributed by atoms with Crippen LogP contribution in [0.15, 0.2) is 42.5 Å². The first kappa shape index (κ1) is 16.1. The van der Waals surface area contributed by atoms with Crippen molar-refractivity contribution in [2.75, 3.05) is 13.7 Å². The van der Waals surface area contributed by atoms with Gasteiger partial charge in [-0.2, -0.15) is 5.26 Å². The van der Waals surface area contributed by atoms with Crippen molar-refractivity contribution >= 4 is 11.6 Å². The average molecular weight is 307 g/mol. The number of terminal acetylenes is 1. The van der Waals surface area contributed by atoms with Crippen molar-refractivity contribution in [2.45, 2.75) is 0 Å². The third-order valence-corrected chi connectivity index (χ3v) is 3.09. The van der Waals surface area contributed by atoms with E-state index in [1.807, 2.05) is 0 Å². The molecule has 0 heterocycles. The maximum atomic E-state index is 13.0. The van der Waals surface area contributed by atoms with Gasteiger partial charge in [0.15, 0.2) is 11.5 Å². The van der Waals surface area contributed by atoms with Crippen LogP contribution in [-0.2, 0) is 0 Å². The summed E-state index contributed by atoms with van der Waals surface area (Å²) < 4.78 is 23.6. The molecule has 0 saturated carbocycles. The van der Waals surface area contributed by atoms with Gasteiger partial charge in [0, 0.05) is 0 Å². The van der Waals surface area contributed by atoms with Crippen molar-refractivity contribution in [3.63, 3.8) is 0 Å². The van der Waals surface area contributed by atoms with Gasteiger partial charge >= 0.3 is 0 Å². The normalized spacial score (nSPS) is 10.5. The second-order valence-corrected chi connectivity index (χ2v) is 4.58. The van der Waals surface area contributed by atoms with Gasteiger partial charge in [-0.25, -0.2) is 4.39 Å². The minimum absolute atomic E-state index is 0.143. The highest BCUT2D eigenvalue weighted by Crippen LogP contribution is 2.29. The molecule has 23 heavy (non-hydrogen) atoms. The fraction of sp³-hybridized carbons (Fsp3) is 0.105. The highest BCUT2D eigenvalue weighted by molar-refractivity contribution is 5.89. The van der Waals surface area contributed by atoms with Crippen molar-refractivity contribution < 1.29 is 13.9 Å². The van der Waals surface area contributed by atoms with E-state index in [-0.39, 0.29) is 12.4 Å². The molecule has 0 bridgehead atoms. The molecule has 0 amide bonds. The minimum atomic E-state index is -0.345. The van der Waals surface area contributed by atoms with E-state index in [2.05, 4.69) is 12.0 Å². The van der Waals surface area contributed by atoms with Crippen molar-refractivity contribution in [1.82, 2.24) is 0 Å². The fourth-order valence-corrected chi connectivity index (χ4v) is 1.99. The van der Waals surface area contributed by atoms with Crippen LogP contribution in [0.2, 0.25) is 0 Å². The number of rotatable bonds is 5. The van der Waals surface area contributed by atoms with Crippen LogP contribution < -0.4 is 9.47 Å². The first-order valence-electron chi connectivity index (χ1n) is 6.80. The Hall–Kier alpha value is -3.24. The molecule has 3 nitrogen and oxygen atoms in total. The zero-order valence-corrected chi connectivity index (χ0v) is 12.5. The molecule has 114 valence electrons. The number of hydrogen-bond donors (Lipinski definition) is 0. The highest BCUT2D eigenvalue weighted by Gasteiger charge is 2.06. The fourth-order valence-electron chi connectivity index (χ4n) is 1.99. The number of nitrogens with zero attached hydrogens (tertiary/aromatic N) is 1. The lowest BCUT2D eigenvalue weighted by Gasteiger charge is -2.09. The Bertz CT molecular complexity index is 796. The maximum absolute atomic E-state index is 13.0. The summed E-state index contributed by atoms with van der Waals surface area (Å²) in [6.07, 6.45) is 6.86. The summed E-state index contributed by atoms with van der Waals surface area (Å²) in [5, 5.41) is 9.32. The lowest BCUT2D eigenvalue weighted by molar-refractivity contribution is 0.331. The summed E-state index contributed by atoms with van der Waals surface area (Å²) in [4.78, 5) is 0. The smallest absolute Gasteiger partial charge is 0.162 e. The van der Waals surface area contributed by atoms with Crippen LogP contribution in [0.5, 0.6) is 11.5 Å². The number of halogens is 1. The molecule has 0 aromatic heterocycles. The van der Waals surface area contributed by atoms with E-state index >= 15 is 0 Å². The zero-order chi connectivity index (χ0) is 16.7. The number of ether oxygens (including phenoxy) is 2. The molecule has 0 unspecified atom stereocenters. The lowest BCUT2D eigenvalue weighted by atomic mass is 10.0. The molecule has 0 atom stereocenters. The Morgan fingerprint density at radius 2 is 1.96 bits per heavy atom. The number of methoxy groups -OCH3 is 1.